The maximum atomic E-state index is 13.3. The molecule has 0 fully saturated rings. The number of methoxy groups -OCH3 is 1. The molecule has 0 saturated heterocycles. The van der Waals surface area contributed by atoms with E-state index in [1.807, 2.05) is 0 Å². The van der Waals surface area contributed by atoms with E-state index < -0.39 is 29.1 Å². The Bertz CT molecular complexity index is 367. The van der Waals surface area contributed by atoms with Crippen LogP contribution in [0.15, 0.2) is 12.1 Å². The summed E-state index contributed by atoms with van der Waals surface area (Å²) in [4.78, 5) is 10.6. The van der Waals surface area contributed by atoms with Crippen molar-refractivity contribution in [2.75, 3.05) is 7.11 Å². The Labute approximate surface area is 85.3 Å². The van der Waals surface area contributed by atoms with Crippen molar-refractivity contribution in [2.45, 2.75) is 12.8 Å². The fraction of sp³-hybridized carbons (Fsp3) is 0.300. The molecule has 1 unspecified atom stereocenters. The van der Waals surface area contributed by atoms with Gasteiger partial charge in [-0.05, 0) is 6.92 Å². The molecule has 1 aromatic carbocycles. The number of carboxylic acid groups (broad SMARTS) is 1. The summed E-state index contributed by atoms with van der Waals surface area (Å²) in [6.45, 7) is 1.22. The quantitative estimate of drug-likeness (QED) is 0.842. The fourth-order valence-corrected chi connectivity index (χ4v) is 1.22. The minimum atomic E-state index is -1.28. The summed E-state index contributed by atoms with van der Waals surface area (Å²) in [5.74, 6) is -4.32. The molecule has 1 atom stereocenters. The van der Waals surface area contributed by atoms with Crippen molar-refractivity contribution >= 4 is 5.97 Å². The zero-order chi connectivity index (χ0) is 11.6. The van der Waals surface area contributed by atoms with E-state index >= 15 is 0 Å². The van der Waals surface area contributed by atoms with Gasteiger partial charge in [0.15, 0.2) is 0 Å². The van der Waals surface area contributed by atoms with E-state index in [-0.39, 0.29) is 5.75 Å². The molecule has 1 rings (SSSR count). The average Bonchev–Trinajstić information content (AvgIpc) is 2.16. The van der Waals surface area contributed by atoms with Crippen LogP contribution in [-0.2, 0) is 4.79 Å². The van der Waals surface area contributed by atoms with Crippen LogP contribution in [0, 0.1) is 11.6 Å². The van der Waals surface area contributed by atoms with Crippen molar-refractivity contribution in [1.29, 1.82) is 0 Å². The van der Waals surface area contributed by atoms with Crippen molar-refractivity contribution in [1.82, 2.24) is 0 Å². The average molecular weight is 216 g/mol. The van der Waals surface area contributed by atoms with E-state index in [2.05, 4.69) is 4.74 Å². The number of carboxylic acids is 1. The van der Waals surface area contributed by atoms with Crippen LogP contribution in [0.2, 0.25) is 0 Å². The van der Waals surface area contributed by atoms with Crippen molar-refractivity contribution in [2.24, 2.45) is 0 Å². The fourth-order valence-electron chi connectivity index (χ4n) is 1.22. The topological polar surface area (TPSA) is 46.5 Å². The van der Waals surface area contributed by atoms with E-state index in [4.69, 9.17) is 5.11 Å². The van der Waals surface area contributed by atoms with Crippen molar-refractivity contribution in [3.8, 4) is 5.75 Å². The maximum Gasteiger partial charge on any atom is 0.310 e. The first-order valence-electron chi connectivity index (χ1n) is 4.23. The first-order valence-corrected chi connectivity index (χ1v) is 4.23. The Morgan fingerprint density at radius 3 is 2.20 bits per heavy atom. The monoisotopic (exact) mass is 216 g/mol. The highest BCUT2D eigenvalue weighted by Gasteiger charge is 2.23. The molecule has 3 nitrogen and oxygen atoms in total. The lowest BCUT2D eigenvalue weighted by molar-refractivity contribution is -0.138. The van der Waals surface area contributed by atoms with Gasteiger partial charge in [0, 0.05) is 17.7 Å². The van der Waals surface area contributed by atoms with Gasteiger partial charge in [0.2, 0.25) is 0 Å². The first kappa shape index (κ1) is 11.4. The second-order valence-corrected chi connectivity index (χ2v) is 3.06. The number of hydrogen-bond acceptors (Lipinski definition) is 2. The molecule has 0 saturated carbocycles. The molecule has 0 aromatic heterocycles. The summed E-state index contributed by atoms with van der Waals surface area (Å²) in [5.41, 5.74) is -0.455. The van der Waals surface area contributed by atoms with E-state index in [1.165, 1.54) is 14.0 Å². The zero-order valence-electron chi connectivity index (χ0n) is 8.25. The van der Waals surface area contributed by atoms with Gasteiger partial charge in [-0.3, -0.25) is 4.79 Å². The third-order valence-corrected chi connectivity index (χ3v) is 2.09. The highest BCUT2D eigenvalue weighted by molar-refractivity contribution is 5.75. The second-order valence-electron chi connectivity index (χ2n) is 3.06. The summed E-state index contributed by atoms with van der Waals surface area (Å²) < 4.78 is 31.3. The Morgan fingerprint density at radius 1 is 1.40 bits per heavy atom. The van der Waals surface area contributed by atoms with E-state index in [0.29, 0.717) is 0 Å². The van der Waals surface area contributed by atoms with Crippen LogP contribution in [0.25, 0.3) is 0 Å². The molecule has 0 aliphatic rings. The zero-order valence-corrected chi connectivity index (χ0v) is 8.25. The summed E-state index contributed by atoms with van der Waals surface area (Å²) in [6, 6.07) is 1.91. The highest BCUT2D eigenvalue weighted by atomic mass is 19.1. The third-order valence-electron chi connectivity index (χ3n) is 2.09. The number of aliphatic carboxylic acids is 1. The lowest BCUT2D eigenvalue weighted by atomic mass is 10.00. The maximum absolute atomic E-state index is 13.3. The standard InChI is InChI=1S/C10H10F2O3/c1-5(10(13)14)9-7(11)3-6(15-2)4-8(9)12/h3-5H,1-2H3,(H,13,14). The number of hydrogen-bond donors (Lipinski definition) is 1. The molecular formula is C10H10F2O3. The van der Waals surface area contributed by atoms with Gasteiger partial charge in [0.25, 0.3) is 0 Å². The molecule has 0 amide bonds. The van der Waals surface area contributed by atoms with E-state index in [1.54, 1.807) is 0 Å². The van der Waals surface area contributed by atoms with Gasteiger partial charge in [-0.25, -0.2) is 8.78 Å². The van der Waals surface area contributed by atoms with Crippen LogP contribution in [0.4, 0.5) is 8.78 Å². The molecule has 0 aliphatic heterocycles. The minimum absolute atomic E-state index is 0.0198. The number of carbonyl (C=O) groups is 1. The van der Waals surface area contributed by atoms with Crippen LogP contribution >= 0.6 is 0 Å². The Hall–Kier alpha value is -1.65. The van der Waals surface area contributed by atoms with Gasteiger partial charge in [-0.2, -0.15) is 0 Å². The summed E-state index contributed by atoms with van der Waals surface area (Å²) in [7, 11) is 1.27. The van der Waals surface area contributed by atoms with Crippen molar-refractivity contribution in [3.63, 3.8) is 0 Å². The van der Waals surface area contributed by atoms with Gasteiger partial charge in [0.05, 0.1) is 13.0 Å². The van der Waals surface area contributed by atoms with Gasteiger partial charge < -0.3 is 9.84 Å². The first-order chi connectivity index (χ1) is 6.97. The number of halogens is 2. The molecule has 5 heteroatoms. The minimum Gasteiger partial charge on any atom is -0.497 e. The Balaban J connectivity index is 3.25. The predicted octanol–water partition coefficient (Wildman–Crippen LogP) is 2.16. The summed E-state index contributed by atoms with van der Waals surface area (Å²) >= 11 is 0. The normalized spacial score (nSPS) is 12.3. The highest BCUT2D eigenvalue weighted by Crippen LogP contribution is 2.26. The molecule has 15 heavy (non-hydrogen) atoms. The van der Waals surface area contributed by atoms with Gasteiger partial charge in [-0.15, -0.1) is 0 Å². The Morgan fingerprint density at radius 2 is 1.87 bits per heavy atom. The molecule has 0 spiro atoms. The second kappa shape index (κ2) is 4.25. The van der Waals surface area contributed by atoms with Crippen LogP contribution < -0.4 is 4.74 Å². The van der Waals surface area contributed by atoms with Crippen molar-refractivity contribution in [3.05, 3.63) is 29.3 Å². The van der Waals surface area contributed by atoms with E-state index in [0.717, 1.165) is 12.1 Å². The lowest BCUT2D eigenvalue weighted by Gasteiger charge is -2.10. The number of ether oxygens (including phenoxy) is 1. The van der Waals surface area contributed by atoms with Crippen LogP contribution in [0.1, 0.15) is 18.4 Å². The largest absolute Gasteiger partial charge is 0.497 e. The predicted molar refractivity (Wildman–Crippen MR) is 49.0 cm³/mol. The van der Waals surface area contributed by atoms with Gasteiger partial charge in [-0.1, -0.05) is 0 Å². The van der Waals surface area contributed by atoms with Crippen molar-refractivity contribution < 1.29 is 23.4 Å². The van der Waals surface area contributed by atoms with Crippen LogP contribution in [0.3, 0.4) is 0 Å². The molecular weight excluding hydrogens is 206 g/mol. The van der Waals surface area contributed by atoms with Crippen LogP contribution in [-0.4, -0.2) is 18.2 Å². The SMILES string of the molecule is COc1cc(F)c(C(C)C(=O)O)c(F)c1. The molecule has 0 radical (unpaired) electrons. The summed E-state index contributed by atoms with van der Waals surface area (Å²) in [5, 5.41) is 8.65. The smallest absolute Gasteiger partial charge is 0.310 e. The molecule has 1 N–H and O–H groups in total. The third kappa shape index (κ3) is 2.23. The molecule has 0 bridgehead atoms. The lowest BCUT2D eigenvalue weighted by Crippen LogP contribution is -2.11. The number of benzene rings is 1. The molecule has 0 aliphatic carbocycles. The van der Waals surface area contributed by atoms with Gasteiger partial charge in [0.1, 0.15) is 17.4 Å². The summed E-state index contributed by atoms with van der Waals surface area (Å²) in [6.07, 6.45) is 0. The number of rotatable bonds is 3. The Kier molecular flexibility index (Phi) is 3.24. The van der Waals surface area contributed by atoms with Gasteiger partial charge >= 0.3 is 5.97 Å². The molecule has 0 heterocycles. The van der Waals surface area contributed by atoms with E-state index in [9.17, 15) is 13.6 Å². The molecule has 82 valence electrons. The molecule has 1 aromatic rings. The van der Waals surface area contributed by atoms with Crippen LogP contribution in [0.5, 0.6) is 5.75 Å².